The van der Waals surface area contributed by atoms with Gasteiger partial charge in [0.2, 0.25) is 0 Å². The fourth-order valence-electron chi connectivity index (χ4n) is 3.46. The van der Waals surface area contributed by atoms with Gasteiger partial charge in [-0.3, -0.25) is 0 Å². The van der Waals surface area contributed by atoms with Crippen LogP contribution in [0.3, 0.4) is 0 Å². The molecule has 0 unspecified atom stereocenters. The molecule has 1 spiro atoms. The van der Waals surface area contributed by atoms with Gasteiger partial charge in [-0.1, -0.05) is 0 Å². The molecular formula is C16H29NO3. The molecular weight excluding hydrogens is 254 g/mol. The first kappa shape index (κ1) is 15.6. The molecule has 1 saturated heterocycles. The Labute approximate surface area is 122 Å². The number of carbonyl (C=O) groups excluding carboxylic acids is 1. The Balaban J connectivity index is 1.82. The second-order valence-electron chi connectivity index (χ2n) is 7.59. The van der Waals surface area contributed by atoms with Crippen LogP contribution in [0.1, 0.15) is 59.3 Å². The van der Waals surface area contributed by atoms with E-state index in [9.17, 15) is 9.90 Å². The summed E-state index contributed by atoms with van der Waals surface area (Å²) in [6, 6.07) is 0. The molecule has 0 bridgehead atoms. The first-order valence-corrected chi connectivity index (χ1v) is 7.92. The third kappa shape index (κ3) is 3.87. The minimum absolute atomic E-state index is 0.170. The maximum absolute atomic E-state index is 12.1. The lowest BCUT2D eigenvalue weighted by molar-refractivity contribution is -0.000731. The van der Waals surface area contributed by atoms with Crippen molar-refractivity contribution in [3.63, 3.8) is 0 Å². The van der Waals surface area contributed by atoms with Crippen LogP contribution >= 0.6 is 0 Å². The molecule has 4 heteroatoms. The zero-order chi connectivity index (χ0) is 14.8. The molecule has 1 heterocycles. The van der Waals surface area contributed by atoms with Gasteiger partial charge >= 0.3 is 6.09 Å². The van der Waals surface area contributed by atoms with Crippen molar-refractivity contribution >= 4 is 6.09 Å². The van der Waals surface area contributed by atoms with Crippen molar-refractivity contribution in [3.05, 3.63) is 0 Å². The summed E-state index contributed by atoms with van der Waals surface area (Å²) in [5.74, 6) is 0.504. The van der Waals surface area contributed by atoms with Gasteiger partial charge in [-0.15, -0.1) is 0 Å². The fourth-order valence-corrected chi connectivity index (χ4v) is 3.46. The second-order valence-corrected chi connectivity index (χ2v) is 7.59. The van der Waals surface area contributed by atoms with E-state index in [-0.39, 0.29) is 6.09 Å². The average molecular weight is 283 g/mol. The van der Waals surface area contributed by atoms with Gasteiger partial charge in [0.1, 0.15) is 5.60 Å². The van der Waals surface area contributed by atoms with Gasteiger partial charge in [0.25, 0.3) is 0 Å². The van der Waals surface area contributed by atoms with Crippen molar-refractivity contribution < 1.29 is 14.6 Å². The number of piperidine rings is 1. The van der Waals surface area contributed by atoms with Gasteiger partial charge in [-0.25, -0.2) is 4.79 Å². The zero-order valence-electron chi connectivity index (χ0n) is 13.2. The molecule has 2 fully saturated rings. The number of amides is 1. The van der Waals surface area contributed by atoms with E-state index in [2.05, 4.69) is 0 Å². The van der Waals surface area contributed by atoms with E-state index in [1.54, 1.807) is 0 Å². The summed E-state index contributed by atoms with van der Waals surface area (Å²) in [6.45, 7) is 7.70. The molecule has 1 aliphatic heterocycles. The van der Waals surface area contributed by atoms with E-state index in [1.165, 1.54) is 12.8 Å². The first-order chi connectivity index (χ1) is 9.34. The Hall–Kier alpha value is -0.770. The molecule has 0 radical (unpaired) electrons. The molecule has 0 atom stereocenters. The van der Waals surface area contributed by atoms with Gasteiger partial charge in [-0.05, 0) is 70.6 Å². The van der Waals surface area contributed by atoms with E-state index in [1.807, 2.05) is 25.7 Å². The molecule has 2 rings (SSSR count). The number of carbonyl (C=O) groups is 1. The van der Waals surface area contributed by atoms with Crippen LogP contribution in [-0.4, -0.2) is 41.4 Å². The van der Waals surface area contributed by atoms with Crippen LogP contribution in [0, 0.1) is 11.3 Å². The lowest BCUT2D eigenvalue weighted by Crippen LogP contribution is -2.46. The number of ether oxygens (including phenoxy) is 1. The fraction of sp³-hybridized carbons (Fsp3) is 0.938. The lowest BCUT2D eigenvalue weighted by atomic mass is 9.65. The highest BCUT2D eigenvalue weighted by atomic mass is 16.6. The molecule has 1 saturated carbocycles. The Morgan fingerprint density at radius 3 is 2.20 bits per heavy atom. The average Bonchev–Trinajstić information content (AvgIpc) is 2.38. The van der Waals surface area contributed by atoms with Crippen LogP contribution in [-0.2, 0) is 4.74 Å². The normalized spacial score (nSPS) is 23.9. The molecule has 4 nitrogen and oxygen atoms in total. The minimum Gasteiger partial charge on any atom is -0.444 e. The van der Waals surface area contributed by atoms with Gasteiger partial charge in [-0.2, -0.15) is 0 Å². The van der Waals surface area contributed by atoms with Crippen LogP contribution in [0.4, 0.5) is 4.79 Å². The van der Waals surface area contributed by atoms with E-state index in [4.69, 9.17) is 4.74 Å². The molecule has 0 aromatic heterocycles. The number of aliphatic hydroxyl groups is 1. The third-order valence-electron chi connectivity index (χ3n) is 4.90. The van der Waals surface area contributed by atoms with E-state index < -0.39 is 5.60 Å². The summed E-state index contributed by atoms with van der Waals surface area (Å²) in [5, 5.41) is 9.23. The van der Waals surface area contributed by atoms with Gasteiger partial charge in [0.05, 0.1) is 0 Å². The Morgan fingerprint density at radius 1 is 1.20 bits per heavy atom. The molecule has 116 valence electrons. The SMILES string of the molecule is CC(C)(C)OC(=O)N1CCC2(CCC(CO)CC2)CC1. The summed E-state index contributed by atoms with van der Waals surface area (Å²) in [7, 11) is 0. The molecule has 0 aromatic carbocycles. The van der Waals surface area contributed by atoms with Crippen molar-refractivity contribution in [1.29, 1.82) is 0 Å². The Kier molecular flexibility index (Phi) is 4.62. The molecule has 20 heavy (non-hydrogen) atoms. The smallest absolute Gasteiger partial charge is 0.410 e. The van der Waals surface area contributed by atoms with Crippen molar-refractivity contribution in [1.82, 2.24) is 4.90 Å². The van der Waals surface area contributed by atoms with Crippen molar-refractivity contribution in [2.45, 2.75) is 64.9 Å². The number of nitrogens with zero attached hydrogens (tertiary/aromatic N) is 1. The molecule has 1 amide bonds. The highest BCUT2D eigenvalue weighted by molar-refractivity contribution is 5.68. The van der Waals surface area contributed by atoms with Crippen molar-refractivity contribution in [3.8, 4) is 0 Å². The summed E-state index contributed by atoms with van der Waals surface area (Å²) >= 11 is 0. The summed E-state index contributed by atoms with van der Waals surface area (Å²) < 4.78 is 5.44. The molecule has 2 aliphatic rings. The summed E-state index contributed by atoms with van der Waals surface area (Å²) in [5.41, 5.74) is 0.00951. The number of rotatable bonds is 1. The standard InChI is InChI=1S/C16H29NO3/c1-15(2,3)20-14(19)17-10-8-16(9-11-17)6-4-13(12-18)5-7-16/h13,18H,4-12H2,1-3H3. The van der Waals surface area contributed by atoms with Crippen LogP contribution in [0.15, 0.2) is 0 Å². The van der Waals surface area contributed by atoms with Crippen LogP contribution < -0.4 is 0 Å². The van der Waals surface area contributed by atoms with E-state index >= 15 is 0 Å². The minimum atomic E-state index is -0.411. The first-order valence-electron chi connectivity index (χ1n) is 7.92. The van der Waals surface area contributed by atoms with Crippen LogP contribution in [0.25, 0.3) is 0 Å². The lowest BCUT2D eigenvalue weighted by Gasteiger charge is -2.45. The predicted octanol–water partition coefficient (Wildman–Crippen LogP) is 3.19. The number of hydrogen-bond donors (Lipinski definition) is 1. The monoisotopic (exact) mass is 283 g/mol. The maximum atomic E-state index is 12.1. The second kappa shape index (κ2) is 5.92. The Morgan fingerprint density at radius 2 is 1.75 bits per heavy atom. The largest absolute Gasteiger partial charge is 0.444 e. The summed E-state index contributed by atoms with van der Waals surface area (Å²) in [6.07, 6.45) is 6.71. The van der Waals surface area contributed by atoms with Crippen molar-refractivity contribution in [2.75, 3.05) is 19.7 Å². The van der Waals surface area contributed by atoms with Crippen molar-refractivity contribution in [2.24, 2.45) is 11.3 Å². The van der Waals surface area contributed by atoms with Gasteiger partial charge in [0, 0.05) is 19.7 Å². The quantitative estimate of drug-likeness (QED) is 0.804. The topological polar surface area (TPSA) is 49.8 Å². The molecule has 1 aliphatic carbocycles. The van der Waals surface area contributed by atoms with Crippen LogP contribution in [0.5, 0.6) is 0 Å². The predicted molar refractivity (Wildman–Crippen MR) is 78.5 cm³/mol. The number of hydrogen-bond acceptors (Lipinski definition) is 3. The number of likely N-dealkylation sites (tertiary alicyclic amines) is 1. The Bertz CT molecular complexity index is 330. The van der Waals surface area contributed by atoms with Gasteiger partial charge < -0.3 is 14.7 Å². The van der Waals surface area contributed by atoms with E-state index in [0.29, 0.717) is 17.9 Å². The zero-order valence-corrected chi connectivity index (χ0v) is 13.2. The number of aliphatic hydroxyl groups excluding tert-OH is 1. The maximum Gasteiger partial charge on any atom is 0.410 e. The highest BCUT2D eigenvalue weighted by Crippen LogP contribution is 2.46. The molecule has 1 N–H and O–H groups in total. The summed E-state index contributed by atoms with van der Waals surface area (Å²) in [4.78, 5) is 13.9. The molecule has 0 aromatic rings. The van der Waals surface area contributed by atoms with E-state index in [0.717, 1.165) is 38.8 Å². The van der Waals surface area contributed by atoms with Gasteiger partial charge in [0.15, 0.2) is 0 Å². The van der Waals surface area contributed by atoms with Crippen LogP contribution in [0.2, 0.25) is 0 Å². The third-order valence-corrected chi connectivity index (χ3v) is 4.90. The highest BCUT2D eigenvalue weighted by Gasteiger charge is 2.39.